The highest BCUT2D eigenvalue weighted by Gasteiger charge is 2.29. The van der Waals surface area contributed by atoms with Crippen molar-refractivity contribution in [1.29, 1.82) is 0 Å². The van der Waals surface area contributed by atoms with Gasteiger partial charge in [-0.05, 0) is 81.5 Å². The Hall–Kier alpha value is -2.96. The van der Waals surface area contributed by atoms with Gasteiger partial charge in [-0.2, -0.15) is 0 Å². The molecule has 0 saturated carbocycles. The van der Waals surface area contributed by atoms with Crippen molar-refractivity contribution in [3.05, 3.63) is 52.1 Å². The average Bonchev–Trinajstić information content (AvgIpc) is 3.37. The highest BCUT2D eigenvalue weighted by molar-refractivity contribution is 5.90. The molecule has 2 aliphatic rings. The second-order valence-electron chi connectivity index (χ2n) is 8.59. The van der Waals surface area contributed by atoms with Crippen LogP contribution in [0.1, 0.15) is 60.3 Å². The maximum atomic E-state index is 12.9. The van der Waals surface area contributed by atoms with Gasteiger partial charge in [0.05, 0.1) is 23.2 Å². The molecule has 0 aliphatic heterocycles. The van der Waals surface area contributed by atoms with Crippen molar-refractivity contribution in [3.63, 3.8) is 0 Å². The van der Waals surface area contributed by atoms with Gasteiger partial charge in [0.15, 0.2) is 0 Å². The molecule has 7 nitrogen and oxygen atoms in total. The topological polar surface area (TPSA) is 90.4 Å². The van der Waals surface area contributed by atoms with Crippen LogP contribution in [0.15, 0.2) is 18.5 Å². The fourth-order valence-corrected chi connectivity index (χ4v) is 4.42. The lowest BCUT2D eigenvalue weighted by Crippen LogP contribution is -2.34. The Labute approximate surface area is 182 Å². The van der Waals surface area contributed by atoms with E-state index in [4.69, 9.17) is 9.47 Å². The predicted molar refractivity (Wildman–Crippen MR) is 116 cm³/mol. The van der Waals surface area contributed by atoms with E-state index in [1.807, 2.05) is 6.92 Å². The van der Waals surface area contributed by atoms with E-state index in [1.165, 1.54) is 22.3 Å². The molecule has 31 heavy (non-hydrogen) atoms. The minimum Gasteiger partial charge on any atom is -0.460 e. The van der Waals surface area contributed by atoms with Crippen LogP contribution in [0.25, 0.3) is 0 Å². The molecule has 0 radical (unpaired) electrons. The van der Waals surface area contributed by atoms with Crippen LogP contribution in [-0.4, -0.2) is 34.2 Å². The van der Waals surface area contributed by atoms with Crippen molar-refractivity contribution in [1.82, 2.24) is 9.97 Å². The average molecular weight is 424 g/mol. The van der Waals surface area contributed by atoms with E-state index in [2.05, 4.69) is 21.4 Å². The number of benzene rings is 1. The Morgan fingerprint density at radius 3 is 2.26 bits per heavy atom. The zero-order valence-electron chi connectivity index (χ0n) is 18.4. The first-order chi connectivity index (χ1) is 14.9. The van der Waals surface area contributed by atoms with E-state index in [9.17, 15) is 9.59 Å². The van der Waals surface area contributed by atoms with Crippen LogP contribution in [0.3, 0.4) is 0 Å². The molecule has 1 aromatic carbocycles. The van der Waals surface area contributed by atoms with Gasteiger partial charge in [0, 0.05) is 18.8 Å². The van der Waals surface area contributed by atoms with Crippen LogP contribution in [-0.2, 0) is 46.4 Å². The number of hydrogen-bond acceptors (Lipinski definition) is 6. The van der Waals surface area contributed by atoms with Gasteiger partial charge in [0.2, 0.25) is 6.10 Å². The molecule has 1 N–H and O–H groups in total. The SMILES string of the molecule is Cc1cnc(CC(OC(=O)Nc2c3c(cc4c2CCC4)CCC3)C(=O)OC(C)C)cn1. The number of hydrogen-bond donors (Lipinski definition) is 1. The normalized spacial score (nSPS) is 15.4. The Bertz CT molecular complexity index is 953. The molecule has 0 bridgehead atoms. The number of nitrogens with one attached hydrogen (secondary N) is 1. The quantitative estimate of drug-likeness (QED) is 0.709. The third-order valence-corrected chi connectivity index (χ3v) is 5.79. The van der Waals surface area contributed by atoms with Gasteiger partial charge in [-0.25, -0.2) is 9.59 Å². The number of ether oxygens (including phenoxy) is 2. The van der Waals surface area contributed by atoms with Crippen molar-refractivity contribution in [2.45, 2.75) is 77.9 Å². The van der Waals surface area contributed by atoms with Gasteiger partial charge in [0.1, 0.15) is 0 Å². The van der Waals surface area contributed by atoms with E-state index < -0.39 is 18.2 Å². The van der Waals surface area contributed by atoms with Gasteiger partial charge in [-0.3, -0.25) is 15.3 Å². The smallest absolute Gasteiger partial charge is 0.412 e. The standard InChI is InChI=1S/C24H29N3O4/c1-14(2)30-23(28)21(11-18-13-25-15(3)12-26-18)31-24(29)27-22-19-8-4-6-16(19)10-17-7-5-9-20(17)22/h10,12-14,21H,4-9,11H2,1-3H3,(H,27,29). The molecule has 2 aliphatic carbocycles. The summed E-state index contributed by atoms with van der Waals surface area (Å²) in [6, 6.07) is 2.31. The maximum Gasteiger partial charge on any atom is 0.412 e. The lowest BCUT2D eigenvalue weighted by atomic mass is 9.99. The Kier molecular flexibility index (Phi) is 6.20. The molecule has 2 aromatic rings. The number of amides is 1. The summed E-state index contributed by atoms with van der Waals surface area (Å²) in [6.07, 6.45) is 7.46. The minimum atomic E-state index is -1.09. The summed E-state index contributed by atoms with van der Waals surface area (Å²) in [5.41, 5.74) is 7.29. The van der Waals surface area contributed by atoms with Crippen LogP contribution in [0.2, 0.25) is 0 Å². The van der Waals surface area contributed by atoms with E-state index >= 15 is 0 Å². The van der Waals surface area contributed by atoms with Crippen molar-refractivity contribution in [2.75, 3.05) is 5.32 Å². The van der Waals surface area contributed by atoms with Crippen LogP contribution >= 0.6 is 0 Å². The molecule has 0 saturated heterocycles. The number of aromatic nitrogens is 2. The maximum absolute atomic E-state index is 12.9. The van der Waals surface area contributed by atoms with Crippen LogP contribution < -0.4 is 5.32 Å². The van der Waals surface area contributed by atoms with Gasteiger partial charge in [-0.15, -0.1) is 0 Å². The van der Waals surface area contributed by atoms with Crippen molar-refractivity contribution < 1.29 is 19.1 Å². The molecule has 7 heteroatoms. The molecule has 4 rings (SSSR count). The summed E-state index contributed by atoms with van der Waals surface area (Å²) in [5.74, 6) is -0.587. The van der Waals surface area contributed by atoms with Gasteiger partial charge < -0.3 is 9.47 Å². The minimum absolute atomic E-state index is 0.108. The Balaban J connectivity index is 1.53. The molecule has 1 aromatic heterocycles. The molecular formula is C24H29N3O4. The zero-order chi connectivity index (χ0) is 22.0. The van der Waals surface area contributed by atoms with Gasteiger partial charge in [-0.1, -0.05) is 6.07 Å². The number of nitrogens with zero attached hydrogens (tertiary/aromatic N) is 2. The van der Waals surface area contributed by atoms with Crippen molar-refractivity contribution in [2.24, 2.45) is 0 Å². The molecule has 0 spiro atoms. The first kappa shape index (κ1) is 21.3. The third kappa shape index (κ3) is 4.86. The van der Waals surface area contributed by atoms with Crippen LogP contribution in [0, 0.1) is 6.92 Å². The van der Waals surface area contributed by atoms with Crippen molar-refractivity contribution in [3.8, 4) is 0 Å². The number of rotatable bonds is 6. The highest BCUT2D eigenvalue weighted by Crippen LogP contribution is 2.38. The summed E-state index contributed by atoms with van der Waals surface area (Å²) in [4.78, 5) is 34.0. The fraction of sp³-hybridized carbons (Fsp3) is 0.500. The molecular weight excluding hydrogens is 394 g/mol. The summed E-state index contributed by atoms with van der Waals surface area (Å²) < 4.78 is 10.9. The van der Waals surface area contributed by atoms with Crippen molar-refractivity contribution >= 4 is 17.7 Å². The Morgan fingerprint density at radius 2 is 1.68 bits per heavy atom. The van der Waals surface area contributed by atoms with E-state index in [0.717, 1.165) is 49.9 Å². The monoisotopic (exact) mass is 423 g/mol. The lowest BCUT2D eigenvalue weighted by Gasteiger charge is -2.20. The van der Waals surface area contributed by atoms with Crippen LogP contribution in [0.4, 0.5) is 10.5 Å². The summed E-state index contributed by atoms with van der Waals surface area (Å²) in [6.45, 7) is 5.36. The number of anilines is 1. The van der Waals surface area contributed by atoms with E-state index in [-0.39, 0.29) is 12.5 Å². The third-order valence-electron chi connectivity index (χ3n) is 5.79. The van der Waals surface area contributed by atoms with Gasteiger partial charge >= 0.3 is 12.1 Å². The second kappa shape index (κ2) is 9.04. The van der Waals surface area contributed by atoms with E-state index in [0.29, 0.717) is 5.69 Å². The number of esters is 1. The van der Waals surface area contributed by atoms with Gasteiger partial charge in [0.25, 0.3) is 0 Å². The molecule has 164 valence electrons. The number of aryl methyl sites for hydroxylation is 3. The summed E-state index contributed by atoms with van der Waals surface area (Å²) in [7, 11) is 0. The first-order valence-electron chi connectivity index (χ1n) is 11.0. The predicted octanol–water partition coefficient (Wildman–Crippen LogP) is 3.87. The summed E-state index contributed by atoms with van der Waals surface area (Å²) >= 11 is 0. The fourth-order valence-electron chi connectivity index (χ4n) is 4.42. The molecule has 1 heterocycles. The molecule has 1 atom stereocenters. The zero-order valence-corrected chi connectivity index (χ0v) is 18.4. The highest BCUT2D eigenvalue weighted by atomic mass is 16.6. The van der Waals surface area contributed by atoms with Crippen LogP contribution in [0.5, 0.6) is 0 Å². The molecule has 1 amide bonds. The molecule has 1 unspecified atom stereocenters. The number of carbonyl (C=O) groups excluding carboxylic acids is 2. The number of carbonyl (C=O) groups is 2. The van der Waals surface area contributed by atoms with E-state index in [1.54, 1.807) is 26.2 Å². The lowest BCUT2D eigenvalue weighted by molar-refractivity contribution is -0.157. The molecule has 0 fully saturated rings. The largest absolute Gasteiger partial charge is 0.460 e. The number of fused-ring (bicyclic) bond motifs is 2. The second-order valence-corrected chi connectivity index (χ2v) is 8.59. The Morgan fingerprint density at radius 1 is 1.00 bits per heavy atom. The summed E-state index contributed by atoms with van der Waals surface area (Å²) in [5, 5.41) is 2.97. The first-order valence-corrected chi connectivity index (χ1v) is 11.0.